The number of likely N-dealkylation sites (N-methyl/N-ethyl adjacent to an activating group) is 1. The molecule has 0 saturated carbocycles. The van der Waals surface area contributed by atoms with Crippen molar-refractivity contribution in [3.63, 3.8) is 0 Å². The maximum Gasteiger partial charge on any atom is 0.236 e. The van der Waals surface area contributed by atoms with Crippen molar-refractivity contribution in [2.75, 3.05) is 26.7 Å². The van der Waals surface area contributed by atoms with Crippen LogP contribution in [0.2, 0.25) is 5.02 Å². The molecule has 0 fully saturated rings. The third-order valence-electron chi connectivity index (χ3n) is 3.67. The van der Waals surface area contributed by atoms with E-state index in [1.54, 1.807) is 17.3 Å². The lowest BCUT2D eigenvalue weighted by molar-refractivity contribution is -0.128. The van der Waals surface area contributed by atoms with E-state index in [0.717, 1.165) is 24.4 Å². The number of halogens is 1. The van der Waals surface area contributed by atoms with Crippen LogP contribution < -0.4 is 5.32 Å². The van der Waals surface area contributed by atoms with Crippen LogP contribution in [0.4, 0.5) is 0 Å². The van der Waals surface area contributed by atoms with Gasteiger partial charge in [-0.15, -0.1) is 0 Å². The van der Waals surface area contributed by atoms with Gasteiger partial charge in [0.1, 0.15) is 0 Å². The second kappa shape index (κ2) is 9.28. The number of nitrogens with one attached hydrogen (secondary N) is 1. The van der Waals surface area contributed by atoms with Crippen molar-refractivity contribution >= 4 is 17.5 Å². The summed E-state index contributed by atoms with van der Waals surface area (Å²) in [6.07, 6.45) is 5.24. The van der Waals surface area contributed by atoms with E-state index >= 15 is 0 Å². The number of pyridine rings is 1. The van der Waals surface area contributed by atoms with E-state index in [1.807, 2.05) is 43.4 Å². The Balaban J connectivity index is 1.64. The summed E-state index contributed by atoms with van der Waals surface area (Å²) in [5.74, 6) is 0.102. The second-order valence-corrected chi connectivity index (χ2v) is 5.91. The Morgan fingerprint density at radius 1 is 1.17 bits per heavy atom. The first-order chi connectivity index (χ1) is 11.1. The molecule has 23 heavy (non-hydrogen) atoms. The summed E-state index contributed by atoms with van der Waals surface area (Å²) in [5, 5.41) is 3.93. The Morgan fingerprint density at radius 3 is 2.70 bits per heavy atom. The molecule has 2 rings (SSSR count). The molecule has 122 valence electrons. The molecule has 0 bridgehead atoms. The minimum Gasteiger partial charge on any atom is -0.344 e. The summed E-state index contributed by atoms with van der Waals surface area (Å²) in [4.78, 5) is 17.8. The Hall–Kier alpha value is -1.91. The molecule has 0 aliphatic carbocycles. The van der Waals surface area contributed by atoms with Crippen molar-refractivity contribution in [3.8, 4) is 0 Å². The van der Waals surface area contributed by atoms with Crippen LogP contribution in [-0.4, -0.2) is 42.5 Å². The fraction of sp³-hybridized carbons (Fsp3) is 0.333. The smallest absolute Gasteiger partial charge is 0.236 e. The summed E-state index contributed by atoms with van der Waals surface area (Å²) in [7, 11) is 1.84. The van der Waals surface area contributed by atoms with Crippen molar-refractivity contribution in [1.82, 2.24) is 15.2 Å². The number of hydrogen-bond acceptors (Lipinski definition) is 3. The van der Waals surface area contributed by atoms with E-state index < -0.39 is 0 Å². The molecule has 0 aliphatic heterocycles. The number of carbonyl (C=O) groups excluding carboxylic acids is 1. The maximum absolute atomic E-state index is 12.1. The highest BCUT2D eigenvalue weighted by Gasteiger charge is 2.08. The third-order valence-corrected chi connectivity index (χ3v) is 3.90. The van der Waals surface area contributed by atoms with Crippen molar-refractivity contribution in [1.29, 1.82) is 0 Å². The van der Waals surface area contributed by atoms with Crippen molar-refractivity contribution < 1.29 is 4.79 Å². The summed E-state index contributed by atoms with van der Waals surface area (Å²) in [6, 6.07) is 11.7. The van der Waals surface area contributed by atoms with E-state index in [4.69, 9.17) is 11.6 Å². The van der Waals surface area contributed by atoms with Crippen LogP contribution in [0.3, 0.4) is 0 Å². The zero-order chi connectivity index (χ0) is 16.5. The average molecular weight is 332 g/mol. The fourth-order valence-corrected chi connectivity index (χ4v) is 2.44. The van der Waals surface area contributed by atoms with Gasteiger partial charge in [-0.25, -0.2) is 0 Å². The molecule has 0 atom stereocenters. The van der Waals surface area contributed by atoms with Crippen LogP contribution in [0.15, 0.2) is 48.8 Å². The summed E-state index contributed by atoms with van der Waals surface area (Å²) >= 11 is 5.95. The van der Waals surface area contributed by atoms with Gasteiger partial charge in [-0.05, 0) is 54.8 Å². The van der Waals surface area contributed by atoms with Crippen molar-refractivity contribution in [3.05, 3.63) is 64.9 Å². The predicted molar refractivity (Wildman–Crippen MR) is 93.6 cm³/mol. The number of carbonyl (C=O) groups is 1. The largest absolute Gasteiger partial charge is 0.344 e. The van der Waals surface area contributed by atoms with Gasteiger partial charge < -0.3 is 10.2 Å². The Labute approximate surface area is 142 Å². The van der Waals surface area contributed by atoms with Gasteiger partial charge in [0.25, 0.3) is 0 Å². The molecule has 1 N–H and O–H groups in total. The summed E-state index contributed by atoms with van der Waals surface area (Å²) < 4.78 is 0. The summed E-state index contributed by atoms with van der Waals surface area (Å²) in [5.41, 5.74) is 2.36. The lowest BCUT2D eigenvalue weighted by Crippen LogP contribution is -2.37. The highest BCUT2D eigenvalue weighted by Crippen LogP contribution is 2.10. The first-order valence-electron chi connectivity index (χ1n) is 7.73. The fourth-order valence-electron chi connectivity index (χ4n) is 2.23. The van der Waals surface area contributed by atoms with Crippen LogP contribution in [0.25, 0.3) is 0 Å². The monoisotopic (exact) mass is 331 g/mol. The lowest BCUT2D eigenvalue weighted by Gasteiger charge is -2.17. The molecule has 0 saturated heterocycles. The molecule has 4 nitrogen and oxygen atoms in total. The Morgan fingerprint density at radius 2 is 1.96 bits per heavy atom. The zero-order valence-corrected chi connectivity index (χ0v) is 14.1. The molecule has 1 aromatic heterocycles. The van der Waals surface area contributed by atoms with Gasteiger partial charge in [-0.3, -0.25) is 9.78 Å². The zero-order valence-electron chi connectivity index (χ0n) is 13.3. The van der Waals surface area contributed by atoms with Crippen molar-refractivity contribution in [2.45, 2.75) is 12.8 Å². The van der Waals surface area contributed by atoms with Gasteiger partial charge in [0, 0.05) is 31.0 Å². The number of benzene rings is 1. The quantitative estimate of drug-likeness (QED) is 0.756. The normalized spacial score (nSPS) is 10.5. The number of amides is 1. The third kappa shape index (κ3) is 6.38. The molecule has 5 heteroatoms. The van der Waals surface area contributed by atoms with Gasteiger partial charge in [-0.2, -0.15) is 0 Å². The van der Waals surface area contributed by atoms with Crippen LogP contribution >= 0.6 is 11.6 Å². The van der Waals surface area contributed by atoms with Gasteiger partial charge in [0.15, 0.2) is 0 Å². The van der Waals surface area contributed by atoms with Crippen LogP contribution in [0.5, 0.6) is 0 Å². The average Bonchev–Trinajstić information content (AvgIpc) is 2.57. The topological polar surface area (TPSA) is 45.2 Å². The number of nitrogens with zero attached hydrogens (tertiary/aromatic N) is 2. The molecular formula is C18H22ClN3O. The van der Waals surface area contributed by atoms with Crippen LogP contribution in [0, 0.1) is 0 Å². The van der Waals surface area contributed by atoms with E-state index in [1.165, 1.54) is 11.1 Å². The SMILES string of the molecule is CN(CCc1ccncc1)C(=O)CNCCc1cccc(Cl)c1. The summed E-state index contributed by atoms with van der Waals surface area (Å²) in [6.45, 7) is 1.82. The minimum absolute atomic E-state index is 0.102. The Kier molecular flexibility index (Phi) is 7.04. The molecule has 0 spiro atoms. The number of aromatic nitrogens is 1. The molecular weight excluding hydrogens is 310 g/mol. The number of hydrogen-bond donors (Lipinski definition) is 1. The highest BCUT2D eigenvalue weighted by molar-refractivity contribution is 6.30. The molecule has 1 heterocycles. The first kappa shape index (κ1) is 17.4. The molecule has 2 aromatic rings. The van der Waals surface area contributed by atoms with Crippen LogP contribution in [-0.2, 0) is 17.6 Å². The van der Waals surface area contributed by atoms with E-state index in [9.17, 15) is 4.79 Å². The highest BCUT2D eigenvalue weighted by atomic mass is 35.5. The van der Waals surface area contributed by atoms with Crippen LogP contribution in [0.1, 0.15) is 11.1 Å². The van der Waals surface area contributed by atoms with E-state index in [0.29, 0.717) is 13.1 Å². The predicted octanol–water partition coefficient (Wildman–Crippen LogP) is 2.57. The van der Waals surface area contributed by atoms with Gasteiger partial charge >= 0.3 is 0 Å². The minimum atomic E-state index is 0.102. The van der Waals surface area contributed by atoms with E-state index in [-0.39, 0.29) is 5.91 Å². The molecule has 1 aromatic carbocycles. The lowest BCUT2D eigenvalue weighted by atomic mass is 10.1. The van der Waals surface area contributed by atoms with E-state index in [2.05, 4.69) is 10.3 Å². The van der Waals surface area contributed by atoms with Gasteiger partial charge in [0.2, 0.25) is 5.91 Å². The number of rotatable bonds is 8. The molecule has 0 aliphatic rings. The van der Waals surface area contributed by atoms with Gasteiger partial charge in [0.05, 0.1) is 6.54 Å². The first-order valence-corrected chi connectivity index (χ1v) is 8.11. The molecule has 1 amide bonds. The second-order valence-electron chi connectivity index (χ2n) is 5.48. The molecule has 0 radical (unpaired) electrons. The van der Waals surface area contributed by atoms with Gasteiger partial charge in [-0.1, -0.05) is 23.7 Å². The maximum atomic E-state index is 12.1. The molecule has 0 unspecified atom stereocenters. The standard InChI is InChI=1S/C18H22ClN3O/c1-22(12-8-15-5-9-20-10-6-15)18(23)14-21-11-7-16-3-2-4-17(19)13-16/h2-6,9-10,13,21H,7-8,11-12,14H2,1H3. The van der Waals surface area contributed by atoms with Crippen molar-refractivity contribution in [2.24, 2.45) is 0 Å². The Bertz CT molecular complexity index is 619.